The van der Waals surface area contributed by atoms with Gasteiger partial charge in [0.1, 0.15) is 11.4 Å². The summed E-state index contributed by atoms with van der Waals surface area (Å²) in [6.07, 6.45) is 5.08. The van der Waals surface area contributed by atoms with Gasteiger partial charge in [-0.15, -0.1) is 6.42 Å². The summed E-state index contributed by atoms with van der Waals surface area (Å²) in [6.45, 7) is 1.49. The summed E-state index contributed by atoms with van der Waals surface area (Å²) in [5.41, 5.74) is -0.792. The first kappa shape index (κ1) is 8.76. The zero-order chi connectivity index (χ0) is 9.19. The average Bonchev–Trinajstić information content (AvgIpc) is 2.05. The maximum atomic E-state index is 12.4. The van der Waals surface area contributed by atoms with Gasteiger partial charge >= 0.3 is 0 Å². The van der Waals surface area contributed by atoms with E-state index in [0.717, 1.165) is 0 Å². The van der Waals surface area contributed by atoms with E-state index < -0.39 is 5.60 Å². The molecule has 1 aromatic rings. The Hall–Kier alpha value is -1.33. The van der Waals surface area contributed by atoms with E-state index in [0.29, 0.717) is 5.56 Å². The second-order valence-corrected chi connectivity index (χ2v) is 2.72. The molecular weight excluding hydrogens is 155 g/mol. The molecule has 0 unspecified atom stereocenters. The van der Waals surface area contributed by atoms with Gasteiger partial charge < -0.3 is 5.11 Å². The van der Waals surface area contributed by atoms with Gasteiger partial charge in [0, 0.05) is 0 Å². The Balaban J connectivity index is 3.07. The summed E-state index contributed by atoms with van der Waals surface area (Å²) < 4.78 is 12.4. The van der Waals surface area contributed by atoms with Crippen LogP contribution < -0.4 is 0 Å². The molecule has 62 valence electrons. The summed E-state index contributed by atoms with van der Waals surface area (Å²) >= 11 is 0. The van der Waals surface area contributed by atoms with Crippen molar-refractivity contribution in [3.63, 3.8) is 0 Å². The Labute approximate surface area is 70.9 Å². The molecule has 0 heterocycles. The molecule has 1 nitrogen and oxygen atoms in total. The number of benzene rings is 1. The number of hydrogen-bond acceptors (Lipinski definition) is 1. The van der Waals surface area contributed by atoms with Crippen LogP contribution in [0.4, 0.5) is 4.39 Å². The van der Waals surface area contributed by atoms with Crippen molar-refractivity contribution in [3.05, 3.63) is 35.6 Å². The van der Waals surface area contributed by atoms with Crippen molar-refractivity contribution >= 4 is 0 Å². The summed E-state index contributed by atoms with van der Waals surface area (Å²) in [7, 11) is 0. The molecule has 1 atom stereocenters. The molecule has 0 radical (unpaired) electrons. The van der Waals surface area contributed by atoms with Gasteiger partial charge in [0.2, 0.25) is 0 Å². The Morgan fingerprint density at radius 3 is 2.33 bits per heavy atom. The van der Waals surface area contributed by atoms with Crippen LogP contribution in [-0.4, -0.2) is 5.11 Å². The van der Waals surface area contributed by atoms with Crippen molar-refractivity contribution in [2.75, 3.05) is 0 Å². The van der Waals surface area contributed by atoms with Crippen LogP contribution in [0.3, 0.4) is 0 Å². The minimum atomic E-state index is -1.31. The third-order valence-electron chi connectivity index (χ3n) is 1.69. The summed E-state index contributed by atoms with van der Waals surface area (Å²) in [5, 5.41) is 9.53. The van der Waals surface area contributed by atoms with Crippen LogP contribution in [0.5, 0.6) is 0 Å². The van der Waals surface area contributed by atoms with Crippen LogP contribution in [0.2, 0.25) is 0 Å². The zero-order valence-electron chi connectivity index (χ0n) is 6.71. The predicted molar refractivity (Wildman–Crippen MR) is 44.8 cm³/mol. The van der Waals surface area contributed by atoms with Gasteiger partial charge in [0.15, 0.2) is 0 Å². The minimum Gasteiger partial charge on any atom is -0.374 e. The molecule has 0 amide bonds. The number of terminal acetylenes is 1. The molecule has 12 heavy (non-hydrogen) atoms. The second kappa shape index (κ2) is 2.96. The molecule has 0 bridgehead atoms. The third kappa shape index (κ3) is 1.63. The molecule has 0 aliphatic heterocycles. The molecule has 0 aromatic heterocycles. The maximum absolute atomic E-state index is 12.4. The highest BCUT2D eigenvalue weighted by atomic mass is 19.1. The Bertz CT molecular complexity index is 306. The normalized spacial score (nSPS) is 14.8. The van der Waals surface area contributed by atoms with Crippen LogP contribution in [0, 0.1) is 18.2 Å². The van der Waals surface area contributed by atoms with Crippen LogP contribution in [-0.2, 0) is 5.60 Å². The quantitative estimate of drug-likeness (QED) is 0.626. The molecular formula is C10H9FO. The summed E-state index contributed by atoms with van der Waals surface area (Å²) in [5.74, 6) is 1.87. The highest BCUT2D eigenvalue weighted by Gasteiger charge is 2.18. The smallest absolute Gasteiger partial charge is 0.147 e. The van der Waals surface area contributed by atoms with Gasteiger partial charge in [-0.1, -0.05) is 18.1 Å². The standard InChI is InChI=1S/C10H9FO/c1-3-10(2,12)8-4-6-9(11)7-5-8/h1,4-7,12H,2H3/t10-/m1/s1. The molecule has 1 aromatic carbocycles. The van der Waals surface area contributed by atoms with E-state index in [9.17, 15) is 9.50 Å². The fourth-order valence-corrected chi connectivity index (χ4v) is 0.858. The first-order valence-electron chi connectivity index (χ1n) is 3.52. The van der Waals surface area contributed by atoms with Gasteiger partial charge in [-0.3, -0.25) is 0 Å². The minimum absolute atomic E-state index is 0.341. The highest BCUT2D eigenvalue weighted by Crippen LogP contribution is 2.18. The molecule has 0 aliphatic carbocycles. The van der Waals surface area contributed by atoms with E-state index >= 15 is 0 Å². The number of halogens is 1. The van der Waals surface area contributed by atoms with Gasteiger partial charge in [0.05, 0.1) is 0 Å². The van der Waals surface area contributed by atoms with Crippen LogP contribution in [0.25, 0.3) is 0 Å². The van der Waals surface area contributed by atoms with Crippen molar-refractivity contribution in [2.45, 2.75) is 12.5 Å². The monoisotopic (exact) mass is 164 g/mol. The van der Waals surface area contributed by atoms with Crippen LogP contribution in [0.15, 0.2) is 24.3 Å². The third-order valence-corrected chi connectivity index (χ3v) is 1.69. The lowest BCUT2D eigenvalue weighted by Crippen LogP contribution is -2.17. The average molecular weight is 164 g/mol. The molecule has 0 spiro atoms. The van der Waals surface area contributed by atoms with E-state index in [1.54, 1.807) is 0 Å². The van der Waals surface area contributed by atoms with E-state index in [1.165, 1.54) is 31.2 Å². The molecule has 0 aliphatic rings. The highest BCUT2D eigenvalue weighted by molar-refractivity contribution is 5.29. The number of rotatable bonds is 1. The van der Waals surface area contributed by atoms with Gasteiger partial charge in [-0.25, -0.2) is 4.39 Å². The first-order chi connectivity index (χ1) is 5.56. The van der Waals surface area contributed by atoms with Gasteiger partial charge in [0.25, 0.3) is 0 Å². The van der Waals surface area contributed by atoms with E-state index in [4.69, 9.17) is 6.42 Å². The lowest BCUT2D eigenvalue weighted by molar-refractivity contribution is 0.122. The molecule has 1 N–H and O–H groups in total. The lowest BCUT2D eigenvalue weighted by Gasteiger charge is -2.15. The second-order valence-electron chi connectivity index (χ2n) is 2.72. The zero-order valence-corrected chi connectivity index (χ0v) is 6.71. The summed E-state index contributed by atoms with van der Waals surface area (Å²) in [4.78, 5) is 0. The fourth-order valence-electron chi connectivity index (χ4n) is 0.858. The van der Waals surface area contributed by atoms with Crippen LogP contribution >= 0.6 is 0 Å². The molecule has 0 saturated heterocycles. The van der Waals surface area contributed by atoms with Crippen molar-refractivity contribution in [1.82, 2.24) is 0 Å². The number of hydrogen-bond donors (Lipinski definition) is 1. The lowest BCUT2D eigenvalue weighted by atomic mass is 9.97. The SMILES string of the molecule is C#C[C@@](C)(O)c1ccc(F)cc1. The van der Waals surface area contributed by atoms with Gasteiger partial charge in [-0.05, 0) is 24.6 Å². The van der Waals surface area contributed by atoms with E-state index in [-0.39, 0.29) is 5.82 Å². The van der Waals surface area contributed by atoms with Crippen molar-refractivity contribution < 1.29 is 9.50 Å². The largest absolute Gasteiger partial charge is 0.374 e. The number of aliphatic hydroxyl groups is 1. The Morgan fingerprint density at radius 2 is 1.92 bits per heavy atom. The van der Waals surface area contributed by atoms with E-state index in [2.05, 4.69) is 5.92 Å². The predicted octanol–water partition coefficient (Wildman–Crippen LogP) is 1.67. The van der Waals surface area contributed by atoms with Gasteiger partial charge in [-0.2, -0.15) is 0 Å². The first-order valence-corrected chi connectivity index (χ1v) is 3.52. The van der Waals surface area contributed by atoms with Crippen molar-refractivity contribution in [3.8, 4) is 12.3 Å². The molecule has 0 saturated carbocycles. The fraction of sp³-hybridized carbons (Fsp3) is 0.200. The molecule has 0 fully saturated rings. The Kier molecular flexibility index (Phi) is 2.16. The van der Waals surface area contributed by atoms with Crippen molar-refractivity contribution in [2.24, 2.45) is 0 Å². The Morgan fingerprint density at radius 1 is 1.42 bits per heavy atom. The van der Waals surface area contributed by atoms with Crippen molar-refractivity contribution in [1.29, 1.82) is 0 Å². The van der Waals surface area contributed by atoms with Crippen LogP contribution in [0.1, 0.15) is 12.5 Å². The van der Waals surface area contributed by atoms with E-state index in [1.807, 2.05) is 0 Å². The maximum Gasteiger partial charge on any atom is 0.147 e. The topological polar surface area (TPSA) is 20.2 Å². The molecule has 1 rings (SSSR count). The molecule has 2 heteroatoms. The summed E-state index contributed by atoms with van der Waals surface area (Å²) in [6, 6.07) is 5.46.